The third-order valence-electron chi connectivity index (χ3n) is 3.36. The zero-order valence-electron chi connectivity index (χ0n) is 13.6. The second-order valence-corrected chi connectivity index (χ2v) is 6.00. The number of methoxy groups -OCH3 is 2. The monoisotopic (exact) mass is 348 g/mol. The summed E-state index contributed by atoms with van der Waals surface area (Å²) in [4.78, 5) is 24.8. The Balaban J connectivity index is 1.84. The van der Waals surface area contributed by atoms with E-state index < -0.39 is 5.97 Å². The molecule has 2 N–H and O–H groups in total. The lowest BCUT2D eigenvalue weighted by Crippen LogP contribution is -2.36. The summed E-state index contributed by atoms with van der Waals surface area (Å²) in [6.07, 6.45) is 0.806. The average Bonchev–Trinajstić information content (AvgIpc) is 3.12. The fourth-order valence-electron chi connectivity index (χ4n) is 2.13. The van der Waals surface area contributed by atoms with E-state index in [1.165, 1.54) is 19.1 Å². The van der Waals surface area contributed by atoms with E-state index in [0.717, 1.165) is 12.0 Å². The number of benzene rings is 1. The van der Waals surface area contributed by atoms with Crippen LogP contribution in [0, 0.1) is 0 Å². The van der Waals surface area contributed by atoms with Crippen molar-refractivity contribution < 1.29 is 19.1 Å². The molecule has 0 aliphatic carbocycles. The van der Waals surface area contributed by atoms with Crippen LogP contribution in [0.15, 0.2) is 35.7 Å². The van der Waals surface area contributed by atoms with Gasteiger partial charge in [-0.1, -0.05) is 12.1 Å². The minimum atomic E-state index is -0.478. The van der Waals surface area contributed by atoms with E-state index in [0.29, 0.717) is 24.4 Å². The van der Waals surface area contributed by atoms with E-state index in [1.807, 2.05) is 17.5 Å². The van der Waals surface area contributed by atoms with Crippen LogP contribution >= 0.6 is 11.3 Å². The minimum Gasteiger partial charge on any atom is -0.496 e. The molecule has 128 valence electrons. The van der Waals surface area contributed by atoms with Crippen LogP contribution in [-0.4, -0.2) is 32.8 Å². The molecular formula is C17H20N2O4S. The summed E-state index contributed by atoms with van der Waals surface area (Å²) in [5.41, 5.74) is 1.11. The maximum absolute atomic E-state index is 11.8. The predicted octanol–water partition coefficient (Wildman–Crippen LogP) is 2.59. The third-order valence-corrected chi connectivity index (χ3v) is 4.30. The van der Waals surface area contributed by atoms with Crippen LogP contribution in [-0.2, 0) is 17.7 Å². The fraction of sp³-hybridized carbons (Fsp3) is 0.294. The molecule has 0 unspecified atom stereocenters. The molecule has 0 aliphatic rings. The molecule has 1 heterocycles. The van der Waals surface area contributed by atoms with Crippen LogP contribution < -0.4 is 15.4 Å². The summed E-state index contributed by atoms with van der Waals surface area (Å²) in [6.45, 7) is 0.876. The normalized spacial score (nSPS) is 10.1. The predicted molar refractivity (Wildman–Crippen MR) is 92.6 cm³/mol. The number of rotatable bonds is 7. The van der Waals surface area contributed by atoms with E-state index >= 15 is 0 Å². The maximum Gasteiger partial charge on any atom is 0.341 e. The van der Waals surface area contributed by atoms with Gasteiger partial charge in [0.2, 0.25) is 0 Å². The van der Waals surface area contributed by atoms with Gasteiger partial charge in [0.05, 0.1) is 14.2 Å². The first-order chi connectivity index (χ1) is 11.6. The molecule has 1 aromatic carbocycles. The second-order valence-electron chi connectivity index (χ2n) is 4.97. The standard InChI is InChI=1S/C17H20N2O4S/c1-22-15-6-5-12(10-14(15)16(20)23-2)11-19-17(21)18-8-7-13-4-3-9-24-13/h3-6,9-10H,7-8,11H2,1-2H3,(H2,18,19,21). The van der Waals surface area contributed by atoms with Crippen LogP contribution in [0.1, 0.15) is 20.8 Å². The lowest BCUT2D eigenvalue weighted by Gasteiger charge is -2.10. The second kappa shape index (κ2) is 8.93. The van der Waals surface area contributed by atoms with Crippen molar-refractivity contribution in [2.24, 2.45) is 0 Å². The van der Waals surface area contributed by atoms with Gasteiger partial charge in [-0.15, -0.1) is 11.3 Å². The van der Waals surface area contributed by atoms with E-state index in [-0.39, 0.29) is 6.03 Å². The molecule has 7 heteroatoms. The molecule has 0 saturated heterocycles. The molecule has 0 atom stereocenters. The third kappa shape index (κ3) is 4.99. The van der Waals surface area contributed by atoms with Gasteiger partial charge in [0.1, 0.15) is 11.3 Å². The molecule has 0 bridgehead atoms. The van der Waals surface area contributed by atoms with Gasteiger partial charge in [0, 0.05) is 18.0 Å². The Morgan fingerprint density at radius 1 is 1.17 bits per heavy atom. The molecule has 1 aromatic heterocycles. The molecule has 0 spiro atoms. The highest BCUT2D eigenvalue weighted by atomic mass is 32.1. The minimum absolute atomic E-state index is 0.248. The largest absolute Gasteiger partial charge is 0.496 e. The average molecular weight is 348 g/mol. The number of carbonyl (C=O) groups excluding carboxylic acids is 2. The SMILES string of the molecule is COC(=O)c1cc(CNC(=O)NCCc2cccs2)ccc1OC. The van der Waals surface area contributed by atoms with Gasteiger partial charge in [-0.25, -0.2) is 9.59 Å². The van der Waals surface area contributed by atoms with E-state index in [9.17, 15) is 9.59 Å². The molecule has 0 radical (unpaired) electrons. The number of esters is 1. The van der Waals surface area contributed by atoms with E-state index in [4.69, 9.17) is 9.47 Å². The van der Waals surface area contributed by atoms with Gasteiger partial charge in [-0.05, 0) is 35.6 Å². The van der Waals surface area contributed by atoms with Crippen molar-refractivity contribution in [3.8, 4) is 5.75 Å². The van der Waals surface area contributed by atoms with Crippen LogP contribution in [0.4, 0.5) is 4.79 Å². The van der Waals surface area contributed by atoms with Crippen molar-refractivity contribution in [2.45, 2.75) is 13.0 Å². The summed E-state index contributed by atoms with van der Waals surface area (Å²) in [6, 6.07) is 8.90. The van der Waals surface area contributed by atoms with Crippen molar-refractivity contribution in [3.05, 3.63) is 51.7 Å². The molecule has 0 saturated carbocycles. The van der Waals surface area contributed by atoms with E-state index in [2.05, 4.69) is 10.6 Å². The number of nitrogens with one attached hydrogen (secondary N) is 2. The Morgan fingerprint density at radius 2 is 2.00 bits per heavy atom. The van der Waals surface area contributed by atoms with Crippen molar-refractivity contribution >= 4 is 23.3 Å². The zero-order valence-corrected chi connectivity index (χ0v) is 14.4. The van der Waals surface area contributed by atoms with Crippen molar-refractivity contribution in [3.63, 3.8) is 0 Å². The zero-order chi connectivity index (χ0) is 17.4. The van der Waals surface area contributed by atoms with Gasteiger partial charge in [-0.2, -0.15) is 0 Å². The Morgan fingerprint density at radius 3 is 2.67 bits per heavy atom. The van der Waals surface area contributed by atoms with Gasteiger partial charge in [0.15, 0.2) is 0 Å². The summed E-state index contributed by atoms with van der Waals surface area (Å²) in [7, 11) is 2.80. The smallest absolute Gasteiger partial charge is 0.341 e. The Kier molecular flexibility index (Phi) is 6.62. The molecular weight excluding hydrogens is 328 g/mol. The molecule has 2 aromatic rings. The molecule has 24 heavy (non-hydrogen) atoms. The summed E-state index contributed by atoms with van der Waals surface area (Å²) in [5.74, 6) is -0.0416. The topological polar surface area (TPSA) is 76.7 Å². The number of carbonyl (C=O) groups is 2. The first-order valence-electron chi connectivity index (χ1n) is 7.43. The molecule has 2 rings (SSSR count). The van der Waals surface area contributed by atoms with Crippen LogP contribution in [0.3, 0.4) is 0 Å². The fourth-order valence-corrected chi connectivity index (χ4v) is 2.84. The molecule has 0 fully saturated rings. The number of hydrogen-bond acceptors (Lipinski definition) is 5. The number of amides is 2. The number of urea groups is 1. The Hall–Kier alpha value is -2.54. The summed E-state index contributed by atoms with van der Waals surface area (Å²) in [5, 5.41) is 7.58. The number of ether oxygens (including phenoxy) is 2. The summed E-state index contributed by atoms with van der Waals surface area (Å²) < 4.78 is 9.87. The number of thiophene rings is 1. The van der Waals surface area contributed by atoms with Crippen molar-refractivity contribution in [1.29, 1.82) is 0 Å². The van der Waals surface area contributed by atoms with Crippen LogP contribution in [0.25, 0.3) is 0 Å². The molecule has 6 nitrogen and oxygen atoms in total. The highest BCUT2D eigenvalue weighted by molar-refractivity contribution is 7.09. The summed E-state index contributed by atoms with van der Waals surface area (Å²) >= 11 is 1.67. The quantitative estimate of drug-likeness (QED) is 0.754. The molecule has 0 aliphatic heterocycles. The highest BCUT2D eigenvalue weighted by Gasteiger charge is 2.13. The van der Waals surface area contributed by atoms with Gasteiger partial charge < -0.3 is 20.1 Å². The van der Waals surface area contributed by atoms with Crippen LogP contribution in [0.5, 0.6) is 5.75 Å². The Labute approximate surface area is 144 Å². The maximum atomic E-state index is 11.8. The van der Waals surface area contributed by atoms with Gasteiger partial charge in [-0.3, -0.25) is 0 Å². The Bertz CT molecular complexity index is 686. The van der Waals surface area contributed by atoms with Crippen molar-refractivity contribution in [1.82, 2.24) is 10.6 Å². The molecule has 2 amide bonds. The lowest BCUT2D eigenvalue weighted by atomic mass is 10.1. The van der Waals surface area contributed by atoms with Gasteiger partial charge >= 0.3 is 12.0 Å². The first-order valence-corrected chi connectivity index (χ1v) is 8.31. The van der Waals surface area contributed by atoms with E-state index in [1.54, 1.807) is 29.5 Å². The highest BCUT2D eigenvalue weighted by Crippen LogP contribution is 2.20. The van der Waals surface area contributed by atoms with Crippen LogP contribution in [0.2, 0.25) is 0 Å². The number of hydrogen-bond donors (Lipinski definition) is 2. The van der Waals surface area contributed by atoms with Gasteiger partial charge in [0.25, 0.3) is 0 Å². The lowest BCUT2D eigenvalue weighted by molar-refractivity contribution is 0.0597. The first kappa shape index (κ1) is 17.8. The van der Waals surface area contributed by atoms with Crippen molar-refractivity contribution in [2.75, 3.05) is 20.8 Å².